The van der Waals surface area contributed by atoms with Gasteiger partial charge in [0, 0.05) is 15.9 Å². The minimum absolute atomic E-state index is 0.0641. The molecule has 18 heavy (non-hydrogen) atoms. The summed E-state index contributed by atoms with van der Waals surface area (Å²) in [5, 5.41) is 11.2. The van der Waals surface area contributed by atoms with Crippen LogP contribution in [0.2, 0.25) is 5.02 Å². The second-order valence-corrected chi connectivity index (χ2v) is 6.99. The van der Waals surface area contributed by atoms with Crippen LogP contribution in [-0.2, 0) is 6.42 Å². The third kappa shape index (κ3) is 3.28. The normalized spacial score (nSPS) is 20.7. The Morgan fingerprint density at radius 3 is 2.61 bits per heavy atom. The fourth-order valence-electron chi connectivity index (χ4n) is 2.83. The van der Waals surface area contributed by atoms with Gasteiger partial charge in [-0.3, -0.25) is 0 Å². The van der Waals surface area contributed by atoms with E-state index in [0.717, 1.165) is 27.9 Å². The van der Waals surface area contributed by atoms with Crippen LogP contribution in [0.3, 0.4) is 0 Å². The summed E-state index contributed by atoms with van der Waals surface area (Å²) in [6.07, 6.45) is 6.40. The number of rotatable bonds is 3. The zero-order valence-electron chi connectivity index (χ0n) is 10.8. The number of halogens is 2. The molecule has 1 fully saturated rings. The van der Waals surface area contributed by atoms with Crippen LogP contribution in [0, 0.1) is 5.41 Å². The highest BCUT2D eigenvalue weighted by Crippen LogP contribution is 2.40. The van der Waals surface area contributed by atoms with E-state index in [1.807, 2.05) is 18.2 Å². The highest BCUT2D eigenvalue weighted by molar-refractivity contribution is 9.10. The molecule has 1 unspecified atom stereocenters. The van der Waals surface area contributed by atoms with Crippen molar-refractivity contribution < 1.29 is 5.11 Å². The van der Waals surface area contributed by atoms with Crippen LogP contribution in [0.15, 0.2) is 22.7 Å². The molecule has 0 heterocycles. The van der Waals surface area contributed by atoms with Crippen LogP contribution >= 0.6 is 27.5 Å². The molecule has 1 atom stereocenters. The van der Waals surface area contributed by atoms with Crippen molar-refractivity contribution in [2.24, 2.45) is 5.41 Å². The monoisotopic (exact) mass is 330 g/mol. The smallest absolute Gasteiger partial charge is 0.0634 e. The molecule has 1 aliphatic rings. The maximum absolute atomic E-state index is 10.5. The Morgan fingerprint density at radius 2 is 2.00 bits per heavy atom. The van der Waals surface area contributed by atoms with Crippen LogP contribution in [-0.4, -0.2) is 11.2 Å². The van der Waals surface area contributed by atoms with Gasteiger partial charge in [0.25, 0.3) is 0 Å². The Hall–Kier alpha value is -0.0500. The topological polar surface area (TPSA) is 20.2 Å². The van der Waals surface area contributed by atoms with Crippen molar-refractivity contribution in [3.8, 4) is 0 Å². The van der Waals surface area contributed by atoms with E-state index in [-0.39, 0.29) is 11.5 Å². The number of aliphatic hydroxyl groups is 1. The largest absolute Gasteiger partial charge is 0.392 e. The molecular weight excluding hydrogens is 312 g/mol. The summed E-state index contributed by atoms with van der Waals surface area (Å²) in [4.78, 5) is 0. The van der Waals surface area contributed by atoms with E-state index >= 15 is 0 Å². The van der Waals surface area contributed by atoms with E-state index in [9.17, 15) is 5.11 Å². The molecule has 0 radical (unpaired) electrons. The fraction of sp³-hybridized carbons (Fsp3) is 0.600. The highest BCUT2D eigenvalue weighted by Gasteiger charge is 2.34. The van der Waals surface area contributed by atoms with Gasteiger partial charge in [0.15, 0.2) is 0 Å². The van der Waals surface area contributed by atoms with Gasteiger partial charge in [-0.25, -0.2) is 0 Å². The molecule has 1 aromatic carbocycles. The lowest BCUT2D eigenvalue weighted by atomic mass is 9.70. The minimum Gasteiger partial charge on any atom is -0.392 e. The summed E-state index contributed by atoms with van der Waals surface area (Å²) in [5.41, 5.74) is 1.11. The lowest BCUT2D eigenvalue weighted by Crippen LogP contribution is -2.35. The van der Waals surface area contributed by atoms with Crippen molar-refractivity contribution in [1.82, 2.24) is 0 Å². The second-order valence-electron chi connectivity index (χ2n) is 5.67. The zero-order valence-corrected chi connectivity index (χ0v) is 13.1. The molecule has 1 saturated carbocycles. The molecule has 0 spiro atoms. The Morgan fingerprint density at radius 1 is 1.33 bits per heavy atom. The Bertz CT molecular complexity index is 413. The average molecular weight is 332 g/mol. The van der Waals surface area contributed by atoms with Crippen LogP contribution in [0.25, 0.3) is 0 Å². The lowest BCUT2D eigenvalue weighted by Gasteiger charge is -2.38. The van der Waals surface area contributed by atoms with Crippen LogP contribution in [0.4, 0.5) is 0 Å². The van der Waals surface area contributed by atoms with Gasteiger partial charge in [0.2, 0.25) is 0 Å². The molecule has 1 aromatic rings. The Labute approximate surface area is 123 Å². The van der Waals surface area contributed by atoms with Gasteiger partial charge in [-0.15, -0.1) is 0 Å². The van der Waals surface area contributed by atoms with E-state index < -0.39 is 0 Å². The van der Waals surface area contributed by atoms with Crippen LogP contribution in [0.1, 0.15) is 44.6 Å². The first-order chi connectivity index (χ1) is 8.51. The summed E-state index contributed by atoms with van der Waals surface area (Å²) in [6, 6.07) is 5.88. The maximum atomic E-state index is 10.5. The molecule has 0 aliphatic heterocycles. The average Bonchev–Trinajstić information content (AvgIpc) is 2.33. The summed E-state index contributed by atoms with van der Waals surface area (Å²) < 4.78 is 0.981. The molecular formula is C15H20BrClO. The van der Waals surface area contributed by atoms with Gasteiger partial charge in [0.1, 0.15) is 0 Å². The van der Waals surface area contributed by atoms with Crippen molar-refractivity contribution in [3.63, 3.8) is 0 Å². The van der Waals surface area contributed by atoms with Crippen molar-refractivity contribution in [2.45, 2.75) is 51.6 Å². The van der Waals surface area contributed by atoms with E-state index in [1.165, 1.54) is 19.3 Å². The van der Waals surface area contributed by atoms with Crippen molar-refractivity contribution >= 4 is 27.5 Å². The standard InChI is InChI=1S/C15H20BrClO/c1-15(7-3-2-4-8-15)14(18)9-11-5-6-12(16)10-13(11)17/h5-6,10,14,18H,2-4,7-9H2,1H3. The lowest BCUT2D eigenvalue weighted by molar-refractivity contribution is 0.0104. The number of benzene rings is 1. The number of hydrogen-bond acceptors (Lipinski definition) is 1. The summed E-state index contributed by atoms with van der Waals surface area (Å²) in [6.45, 7) is 2.21. The Balaban J connectivity index is 2.08. The molecule has 1 N–H and O–H groups in total. The minimum atomic E-state index is -0.295. The Kier molecular flexibility index (Phi) is 4.74. The van der Waals surface area contributed by atoms with Crippen LogP contribution in [0.5, 0.6) is 0 Å². The number of hydrogen-bond donors (Lipinski definition) is 1. The predicted octanol–water partition coefficient (Wildman–Crippen LogP) is 4.98. The van der Waals surface area contributed by atoms with Crippen molar-refractivity contribution in [3.05, 3.63) is 33.3 Å². The molecule has 100 valence electrons. The second kappa shape index (κ2) is 5.94. The molecule has 2 rings (SSSR count). The van der Waals surface area contributed by atoms with Gasteiger partial charge in [-0.05, 0) is 36.0 Å². The third-order valence-electron chi connectivity index (χ3n) is 4.23. The van der Waals surface area contributed by atoms with Gasteiger partial charge < -0.3 is 5.11 Å². The van der Waals surface area contributed by atoms with E-state index in [1.54, 1.807) is 0 Å². The molecule has 0 aromatic heterocycles. The van der Waals surface area contributed by atoms with Crippen molar-refractivity contribution in [1.29, 1.82) is 0 Å². The highest BCUT2D eigenvalue weighted by atomic mass is 79.9. The number of aliphatic hydroxyl groups excluding tert-OH is 1. The summed E-state index contributed by atoms with van der Waals surface area (Å²) in [7, 11) is 0. The maximum Gasteiger partial charge on any atom is 0.0634 e. The first-order valence-electron chi connectivity index (χ1n) is 6.63. The molecule has 0 bridgehead atoms. The fourth-order valence-corrected chi connectivity index (χ4v) is 3.59. The summed E-state index contributed by atoms with van der Waals surface area (Å²) in [5.74, 6) is 0. The summed E-state index contributed by atoms with van der Waals surface area (Å²) >= 11 is 9.62. The van der Waals surface area contributed by atoms with Crippen molar-refractivity contribution in [2.75, 3.05) is 0 Å². The van der Waals surface area contributed by atoms with Gasteiger partial charge in [-0.2, -0.15) is 0 Å². The van der Waals surface area contributed by atoms with E-state index in [4.69, 9.17) is 11.6 Å². The quantitative estimate of drug-likeness (QED) is 0.828. The predicted molar refractivity (Wildman–Crippen MR) is 80.1 cm³/mol. The molecule has 0 amide bonds. The van der Waals surface area contributed by atoms with Crippen LogP contribution < -0.4 is 0 Å². The van der Waals surface area contributed by atoms with E-state index in [0.29, 0.717) is 6.42 Å². The molecule has 0 saturated heterocycles. The SMILES string of the molecule is CC1(C(O)Cc2ccc(Br)cc2Cl)CCCCC1. The molecule has 3 heteroatoms. The third-order valence-corrected chi connectivity index (χ3v) is 5.07. The van der Waals surface area contributed by atoms with Gasteiger partial charge in [0.05, 0.1) is 6.10 Å². The van der Waals surface area contributed by atoms with Gasteiger partial charge >= 0.3 is 0 Å². The first-order valence-corrected chi connectivity index (χ1v) is 7.80. The van der Waals surface area contributed by atoms with E-state index in [2.05, 4.69) is 22.9 Å². The van der Waals surface area contributed by atoms with Gasteiger partial charge in [-0.1, -0.05) is 59.8 Å². The zero-order chi connectivity index (χ0) is 13.2. The first kappa shape index (κ1) is 14.4. The molecule has 1 aliphatic carbocycles. The molecule has 1 nitrogen and oxygen atoms in total.